The fourth-order valence-corrected chi connectivity index (χ4v) is 2.87. The Morgan fingerprint density at radius 3 is 2.68 bits per heavy atom. The molecule has 2 aromatic rings. The molecule has 1 aromatic heterocycles. The van der Waals surface area contributed by atoms with Crippen LogP contribution < -0.4 is 5.73 Å². The van der Waals surface area contributed by atoms with Gasteiger partial charge >= 0.3 is 0 Å². The van der Waals surface area contributed by atoms with Crippen molar-refractivity contribution in [2.45, 2.75) is 33.1 Å². The minimum atomic E-state index is -0.383. The molecule has 0 spiro atoms. The number of nitrogens with two attached hydrogens (primary N) is 1. The molecule has 0 amide bonds. The summed E-state index contributed by atoms with van der Waals surface area (Å²) in [5, 5.41) is 0.478. The maximum Gasteiger partial charge on any atom is 0.180 e. The van der Waals surface area contributed by atoms with E-state index in [1.54, 1.807) is 6.92 Å². The van der Waals surface area contributed by atoms with Crippen LogP contribution in [-0.2, 0) is 12.8 Å². The highest BCUT2D eigenvalue weighted by molar-refractivity contribution is 7.15. The lowest BCUT2D eigenvalue weighted by atomic mass is 10.1. The van der Waals surface area contributed by atoms with Gasteiger partial charge in [0.25, 0.3) is 0 Å². The Hall–Kier alpha value is -1.49. The molecule has 1 heterocycles. The van der Waals surface area contributed by atoms with Crippen molar-refractivity contribution in [2.24, 2.45) is 0 Å². The molecule has 0 unspecified atom stereocenters. The first-order valence-electron chi connectivity index (χ1n) is 6.19. The molecule has 0 fully saturated rings. The number of nitrogen functional groups attached to an aromatic ring is 1. The molecule has 5 heteroatoms. The Morgan fingerprint density at radius 1 is 1.26 bits per heavy atom. The molecule has 102 valence electrons. The lowest BCUT2D eigenvalue weighted by molar-refractivity contribution is 0.582. The summed E-state index contributed by atoms with van der Waals surface area (Å²) in [7, 11) is 0. The fraction of sp³-hybridized carbons (Fsp3) is 0.357. The summed E-state index contributed by atoms with van der Waals surface area (Å²) in [4.78, 5) is 5.16. The standard InChI is InChI=1S/C14H16F2N2S/c1-3-4-12-13(19-14(17)18-12)7-9-6-10(15)8(2)5-11(9)16/h5-6H,3-4,7H2,1-2H3,(H2,17,18). The average Bonchev–Trinajstić information content (AvgIpc) is 2.67. The predicted octanol–water partition coefficient (Wildman–Crippen LogP) is 3.86. The van der Waals surface area contributed by atoms with E-state index in [9.17, 15) is 8.78 Å². The molecule has 2 rings (SSSR count). The predicted molar refractivity (Wildman–Crippen MR) is 74.4 cm³/mol. The van der Waals surface area contributed by atoms with E-state index in [1.807, 2.05) is 6.92 Å². The third-order valence-corrected chi connectivity index (χ3v) is 3.89. The van der Waals surface area contributed by atoms with Crippen molar-refractivity contribution in [2.75, 3.05) is 5.73 Å². The van der Waals surface area contributed by atoms with Crippen molar-refractivity contribution in [3.05, 3.63) is 45.5 Å². The van der Waals surface area contributed by atoms with Gasteiger partial charge in [0, 0.05) is 11.3 Å². The number of thiazole rings is 1. The smallest absolute Gasteiger partial charge is 0.180 e. The second-order valence-corrected chi connectivity index (χ2v) is 5.66. The summed E-state index contributed by atoms with van der Waals surface area (Å²) in [6.07, 6.45) is 2.09. The third-order valence-electron chi connectivity index (χ3n) is 2.96. The number of rotatable bonds is 4. The van der Waals surface area contributed by atoms with E-state index >= 15 is 0 Å². The van der Waals surface area contributed by atoms with Gasteiger partial charge in [-0.25, -0.2) is 13.8 Å². The van der Waals surface area contributed by atoms with Gasteiger partial charge in [-0.3, -0.25) is 0 Å². The van der Waals surface area contributed by atoms with Crippen LogP contribution in [0.4, 0.5) is 13.9 Å². The van der Waals surface area contributed by atoms with E-state index < -0.39 is 0 Å². The van der Waals surface area contributed by atoms with E-state index in [1.165, 1.54) is 23.5 Å². The maximum absolute atomic E-state index is 13.8. The summed E-state index contributed by atoms with van der Waals surface area (Å²) < 4.78 is 27.3. The van der Waals surface area contributed by atoms with E-state index in [0.717, 1.165) is 23.4 Å². The summed E-state index contributed by atoms with van der Waals surface area (Å²) >= 11 is 1.35. The van der Waals surface area contributed by atoms with Gasteiger partial charge in [0.1, 0.15) is 11.6 Å². The van der Waals surface area contributed by atoms with Crippen LogP contribution in [0.25, 0.3) is 0 Å². The van der Waals surface area contributed by atoms with Gasteiger partial charge in [-0.1, -0.05) is 13.3 Å². The molecule has 2 N–H and O–H groups in total. The molecule has 0 radical (unpaired) electrons. The highest BCUT2D eigenvalue weighted by Gasteiger charge is 2.13. The largest absolute Gasteiger partial charge is 0.375 e. The number of nitrogens with zero attached hydrogens (tertiary/aromatic N) is 1. The molecule has 0 saturated carbocycles. The van der Waals surface area contributed by atoms with E-state index in [0.29, 0.717) is 22.7 Å². The van der Waals surface area contributed by atoms with Crippen LogP contribution in [-0.4, -0.2) is 4.98 Å². The highest BCUT2D eigenvalue weighted by atomic mass is 32.1. The monoisotopic (exact) mass is 282 g/mol. The molecule has 0 aliphatic rings. The zero-order valence-electron chi connectivity index (χ0n) is 11.0. The van der Waals surface area contributed by atoms with Crippen molar-refractivity contribution in [3.8, 4) is 0 Å². The summed E-state index contributed by atoms with van der Waals surface area (Å²) in [6, 6.07) is 2.49. The minimum absolute atomic E-state index is 0.318. The van der Waals surface area contributed by atoms with Gasteiger partial charge in [-0.15, -0.1) is 11.3 Å². The third kappa shape index (κ3) is 3.10. The number of aryl methyl sites for hydroxylation is 2. The van der Waals surface area contributed by atoms with Gasteiger partial charge in [0.15, 0.2) is 5.13 Å². The second-order valence-electron chi connectivity index (χ2n) is 4.54. The molecule has 0 aliphatic heterocycles. The lowest BCUT2D eigenvalue weighted by Crippen LogP contribution is -1.98. The summed E-state index contributed by atoms with van der Waals surface area (Å²) in [5.41, 5.74) is 7.26. The van der Waals surface area contributed by atoms with Crippen LogP contribution in [0.5, 0.6) is 0 Å². The van der Waals surface area contributed by atoms with Crippen LogP contribution in [0.3, 0.4) is 0 Å². The molecule has 0 atom stereocenters. The first kappa shape index (κ1) is 13.9. The highest BCUT2D eigenvalue weighted by Crippen LogP contribution is 2.26. The van der Waals surface area contributed by atoms with Crippen molar-refractivity contribution in [1.29, 1.82) is 0 Å². The van der Waals surface area contributed by atoms with Gasteiger partial charge in [0.05, 0.1) is 5.69 Å². The summed E-state index contributed by atoms with van der Waals surface area (Å²) in [6.45, 7) is 3.60. The average molecular weight is 282 g/mol. The van der Waals surface area contributed by atoms with Gasteiger partial charge in [0.2, 0.25) is 0 Å². The van der Waals surface area contributed by atoms with Gasteiger partial charge < -0.3 is 5.73 Å². The van der Waals surface area contributed by atoms with Crippen molar-refractivity contribution in [1.82, 2.24) is 4.98 Å². The molecular formula is C14H16F2N2S. The number of benzene rings is 1. The molecule has 0 aliphatic carbocycles. The first-order chi connectivity index (χ1) is 9.01. The maximum atomic E-state index is 13.8. The topological polar surface area (TPSA) is 38.9 Å². The normalized spacial score (nSPS) is 10.9. The van der Waals surface area contributed by atoms with Crippen molar-refractivity contribution < 1.29 is 8.78 Å². The van der Waals surface area contributed by atoms with Gasteiger partial charge in [-0.05, 0) is 36.6 Å². The minimum Gasteiger partial charge on any atom is -0.375 e. The number of hydrogen-bond donors (Lipinski definition) is 1. The van der Waals surface area contributed by atoms with Crippen molar-refractivity contribution >= 4 is 16.5 Å². The number of halogens is 2. The first-order valence-corrected chi connectivity index (χ1v) is 7.01. The molecule has 0 saturated heterocycles. The molecule has 1 aromatic carbocycles. The van der Waals surface area contributed by atoms with Crippen LogP contribution in [0, 0.1) is 18.6 Å². The number of anilines is 1. The van der Waals surface area contributed by atoms with E-state index in [4.69, 9.17) is 5.73 Å². The van der Waals surface area contributed by atoms with E-state index in [2.05, 4.69) is 4.98 Å². The number of aromatic nitrogens is 1. The van der Waals surface area contributed by atoms with Crippen LogP contribution in [0.1, 0.15) is 35.0 Å². The Morgan fingerprint density at radius 2 is 2.00 bits per heavy atom. The SMILES string of the molecule is CCCc1nc(N)sc1Cc1cc(F)c(C)cc1F. The molecule has 0 bridgehead atoms. The molecule has 19 heavy (non-hydrogen) atoms. The fourth-order valence-electron chi connectivity index (χ4n) is 1.97. The number of hydrogen-bond acceptors (Lipinski definition) is 3. The quantitative estimate of drug-likeness (QED) is 0.925. The Bertz CT molecular complexity index is 593. The summed E-state index contributed by atoms with van der Waals surface area (Å²) in [5.74, 6) is -0.765. The van der Waals surface area contributed by atoms with Crippen LogP contribution in [0.2, 0.25) is 0 Å². The van der Waals surface area contributed by atoms with Gasteiger partial charge in [-0.2, -0.15) is 0 Å². The van der Waals surface area contributed by atoms with Crippen molar-refractivity contribution in [3.63, 3.8) is 0 Å². The molecule has 2 nitrogen and oxygen atoms in total. The zero-order chi connectivity index (χ0) is 14.0. The van der Waals surface area contributed by atoms with E-state index in [-0.39, 0.29) is 11.6 Å². The van der Waals surface area contributed by atoms with Crippen LogP contribution in [0.15, 0.2) is 12.1 Å². The zero-order valence-corrected chi connectivity index (χ0v) is 11.8. The van der Waals surface area contributed by atoms with Crippen LogP contribution >= 0.6 is 11.3 Å². The Balaban J connectivity index is 2.33. The lowest BCUT2D eigenvalue weighted by Gasteiger charge is -2.05. The Labute approximate surface area is 115 Å². The Kier molecular flexibility index (Phi) is 4.14. The molecular weight excluding hydrogens is 266 g/mol. The second kappa shape index (κ2) is 5.65.